The number of benzene rings is 1. The molecule has 0 aliphatic carbocycles. The Morgan fingerprint density at radius 2 is 2.07 bits per heavy atom. The topological polar surface area (TPSA) is 50.2 Å². The highest BCUT2D eigenvalue weighted by molar-refractivity contribution is 5.88. The number of hydrogen-bond acceptors (Lipinski definition) is 2. The van der Waals surface area contributed by atoms with Crippen molar-refractivity contribution in [3.8, 4) is 0 Å². The van der Waals surface area contributed by atoms with E-state index in [-0.39, 0.29) is 0 Å². The highest BCUT2D eigenvalue weighted by Crippen LogP contribution is 2.23. The lowest BCUT2D eigenvalue weighted by molar-refractivity contribution is -0.138. The maximum Gasteiger partial charge on any atom is 0.310 e. The predicted molar refractivity (Wildman–Crippen MR) is 57.8 cm³/mol. The van der Waals surface area contributed by atoms with Crippen molar-refractivity contribution in [3.05, 3.63) is 42.1 Å². The third-order valence-electron chi connectivity index (χ3n) is 2.52. The van der Waals surface area contributed by atoms with Gasteiger partial charge in [-0.3, -0.25) is 9.78 Å². The molecule has 0 saturated heterocycles. The molecule has 1 N–H and O–H groups in total. The molecule has 0 amide bonds. The fourth-order valence-electron chi connectivity index (χ4n) is 1.63. The molecule has 1 heterocycles. The second-order valence-corrected chi connectivity index (χ2v) is 3.48. The Hall–Kier alpha value is -1.90. The van der Waals surface area contributed by atoms with Crippen molar-refractivity contribution in [1.29, 1.82) is 0 Å². The second kappa shape index (κ2) is 3.69. The van der Waals surface area contributed by atoms with E-state index in [1.807, 2.05) is 24.3 Å². The van der Waals surface area contributed by atoms with Crippen LogP contribution in [0.2, 0.25) is 0 Å². The number of hydrogen-bond donors (Lipinski definition) is 1. The number of pyridine rings is 1. The summed E-state index contributed by atoms with van der Waals surface area (Å²) in [4.78, 5) is 15.1. The first-order valence-electron chi connectivity index (χ1n) is 4.76. The lowest BCUT2D eigenvalue weighted by Crippen LogP contribution is -2.07. The van der Waals surface area contributed by atoms with Gasteiger partial charge in [-0.15, -0.1) is 0 Å². The highest BCUT2D eigenvalue weighted by atomic mass is 16.4. The van der Waals surface area contributed by atoms with Gasteiger partial charge in [0.25, 0.3) is 0 Å². The van der Waals surface area contributed by atoms with Gasteiger partial charge < -0.3 is 5.11 Å². The van der Waals surface area contributed by atoms with E-state index in [2.05, 4.69) is 4.98 Å². The van der Waals surface area contributed by atoms with Gasteiger partial charge in [-0.1, -0.05) is 18.2 Å². The minimum atomic E-state index is -0.814. The first-order valence-corrected chi connectivity index (χ1v) is 4.76. The van der Waals surface area contributed by atoms with Gasteiger partial charge >= 0.3 is 5.97 Å². The fourth-order valence-corrected chi connectivity index (χ4v) is 1.63. The minimum Gasteiger partial charge on any atom is -0.481 e. The van der Waals surface area contributed by atoms with Crippen molar-refractivity contribution in [2.75, 3.05) is 0 Å². The van der Waals surface area contributed by atoms with Gasteiger partial charge in [-0.2, -0.15) is 0 Å². The molecule has 2 aromatic rings. The number of fused-ring (bicyclic) bond motifs is 1. The van der Waals surface area contributed by atoms with E-state index in [0.717, 1.165) is 16.5 Å². The molecule has 1 unspecified atom stereocenters. The van der Waals surface area contributed by atoms with Crippen LogP contribution in [0.4, 0.5) is 0 Å². The molecule has 76 valence electrons. The number of carboxylic acid groups (broad SMARTS) is 1. The van der Waals surface area contributed by atoms with Crippen molar-refractivity contribution < 1.29 is 9.90 Å². The summed E-state index contributed by atoms with van der Waals surface area (Å²) in [6, 6.07) is 9.33. The molecule has 15 heavy (non-hydrogen) atoms. The second-order valence-electron chi connectivity index (χ2n) is 3.48. The van der Waals surface area contributed by atoms with Gasteiger partial charge in [0.15, 0.2) is 0 Å². The zero-order valence-electron chi connectivity index (χ0n) is 8.34. The first kappa shape index (κ1) is 9.65. The van der Waals surface area contributed by atoms with Crippen LogP contribution in [0.3, 0.4) is 0 Å². The number of carboxylic acids is 1. The summed E-state index contributed by atoms with van der Waals surface area (Å²) in [6.07, 6.45) is 1.65. The average Bonchev–Trinajstić information content (AvgIpc) is 2.27. The molecule has 0 fully saturated rings. The van der Waals surface area contributed by atoms with Crippen molar-refractivity contribution >= 4 is 16.9 Å². The van der Waals surface area contributed by atoms with Gasteiger partial charge in [0, 0.05) is 11.6 Å². The van der Waals surface area contributed by atoms with Crippen molar-refractivity contribution in [2.24, 2.45) is 0 Å². The molecule has 1 atom stereocenters. The third-order valence-corrected chi connectivity index (χ3v) is 2.52. The van der Waals surface area contributed by atoms with E-state index in [4.69, 9.17) is 5.11 Å². The number of carbonyl (C=O) groups is 1. The molecule has 3 heteroatoms. The Kier molecular flexibility index (Phi) is 2.37. The van der Waals surface area contributed by atoms with Crippen LogP contribution in [-0.2, 0) is 4.79 Å². The summed E-state index contributed by atoms with van der Waals surface area (Å²) in [5, 5.41) is 9.89. The van der Waals surface area contributed by atoms with E-state index in [1.165, 1.54) is 0 Å². The predicted octanol–water partition coefficient (Wildman–Crippen LogP) is 2.42. The molecule has 2 rings (SSSR count). The van der Waals surface area contributed by atoms with Crippen LogP contribution in [-0.4, -0.2) is 16.1 Å². The third kappa shape index (κ3) is 1.68. The molecule has 0 spiro atoms. The molecule has 1 aromatic carbocycles. The molecule has 3 nitrogen and oxygen atoms in total. The van der Waals surface area contributed by atoms with E-state index in [1.54, 1.807) is 19.2 Å². The number of rotatable bonds is 2. The van der Waals surface area contributed by atoms with Crippen molar-refractivity contribution in [2.45, 2.75) is 12.8 Å². The van der Waals surface area contributed by atoms with Crippen molar-refractivity contribution in [1.82, 2.24) is 4.98 Å². The number of aromatic nitrogens is 1. The largest absolute Gasteiger partial charge is 0.481 e. The number of nitrogens with zero attached hydrogens (tertiary/aromatic N) is 1. The van der Waals surface area contributed by atoms with Gasteiger partial charge in [0.2, 0.25) is 0 Å². The summed E-state index contributed by atoms with van der Waals surface area (Å²) in [7, 11) is 0. The smallest absolute Gasteiger partial charge is 0.310 e. The number of para-hydroxylation sites is 1. The van der Waals surface area contributed by atoms with E-state index < -0.39 is 11.9 Å². The molecule has 0 aliphatic heterocycles. The molecular formula is C12H11NO2. The Balaban J connectivity index is 2.65. The van der Waals surface area contributed by atoms with Crippen LogP contribution in [0.15, 0.2) is 36.5 Å². The Labute approximate surface area is 87.4 Å². The van der Waals surface area contributed by atoms with Crippen LogP contribution in [0, 0.1) is 0 Å². The molecule has 0 bridgehead atoms. The SMILES string of the molecule is CC(C(=O)O)c1ccnc2ccccc12. The van der Waals surface area contributed by atoms with Gasteiger partial charge in [0.1, 0.15) is 0 Å². The monoisotopic (exact) mass is 201 g/mol. The average molecular weight is 201 g/mol. The molecular weight excluding hydrogens is 190 g/mol. The molecule has 0 aliphatic rings. The maximum absolute atomic E-state index is 10.9. The zero-order chi connectivity index (χ0) is 10.8. The maximum atomic E-state index is 10.9. The normalized spacial score (nSPS) is 12.6. The summed E-state index contributed by atoms with van der Waals surface area (Å²) in [6.45, 7) is 1.68. The van der Waals surface area contributed by atoms with Gasteiger partial charge in [-0.25, -0.2) is 0 Å². The van der Waals surface area contributed by atoms with Crippen LogP contribution < -0.4 is 0 Å². The molecule has 0 radical (unpaired) electrons. The lowest BCUT2D eigenvalue weighted by atomic mass is 9.98. The Morgan fingerprint density at radius 1 is 1.33 bits per heavy atom. The Bertz CT molecular complexity index is 502. The van der Waals surface area contributed by atoms with Crippen LogP contribution in [0.1, 0.15) is 18.4 Å². The quantitative estimate of drug-likeness (QED) is 0.811. The van der Waals surface area contributed by atoms with Crippen LogP contribution in [0.5, 0.6) is 0 Å². The summed E-state index contributed by atoms with van der Waals surface area (Å²) >= 11 is 0. The van der Waals surface area contributed by atoms with Gasteiger partial charge in [-0.05, 0) is 24.6 Å². The van der Waals surface area contributed by atoms with Gasteiger partial charge in [0.05, 0.1) is 11.4 Å². The standard InChI is InChI=1S/C12H11NO2/c1-8(12(14)15)9-6-7-13-11-5-3-2-4-10(9)11/h2-8H,1H3,(H,14,15). The minimum absolute atomic E-state index is 0.502. The summed E-state index contributed by atoms with van der Waals surface area (Å²) in [5.41, 5.74) is 1.65. The summed E-state index contributed by atoms with van der Waals surface area (Å²) < 4.78 is 0. The van der Waals surface area contributed by atoms with E-state index in [0.29, 0.717) is 0 Å². The van der Waals surface area contributed by atoms with Crippen LogP contribution >= 0.6 is 0 Å². The molecule has 0 saturated carbocycles. The lowest BCUT2D eigenvalue weighted by Gasteiger charge is -2.09. The molecule has 1 aromatic heterocycles. The summed E-state index contributed by atoms with van der Waals surface area (Å²) in [5.74, 6) is -1.32. The first-order chi connectivity index (χ1) is 7.20. The zero-order valence-corrected chi connectivity index (χ0v) is 8.34. The van der Waals surface area contributed by atoms with E-state index >= 15 is 0 Å². The van der Waals surface area contributed by atoms with Crippen molar-refractivity contribution in [3.63, 3.8) is 0 Å². The van der Waals surface area contributed by atoms with Crippen LogP contribution in [0.25, 0.3) is 10.9 Å². The van der Waals surface area contributed by atoms with E-state index in [9.17, 15) is 4.79 Å². The highest BCUT2D eigenvalue weighted by Gasteiger charge is 2.15. The Morgan fingerprint density at radius 3 is 2.80 bits per heavy atom. The fraction of sp³-hybridized carbons (Fsp3) is 0.167. The number of aliphatic carboxylic acids is 1.